The molecule has 1 aliphatic rings. The number of carboxylic acids is 1. The molecule has 6 nitrogen and oxygen atoms in total. The molecule has 2 amide bonds. The van der Waals surface area contributed by atoms with Gasteiger partial charge in [-0.3, -0.25) is 4.79 Å². The number of methoxy groups -OCH3 is 1. The highest BCUT2D eigenvalue weighted by molar-refractivity contribution is 5.89. The number of hydrogen-bond donors (Lipinski definition) is 2. The number of aliphatic carboxylic acids is 1. The van der Waals surface area contributed by atoms with E-state index in [-0.39, 0.29) is 18.4 Å². The maximum Gasteiger partial charge on any atom is 0.321 e. The van der Waals surface area contributed by atoms with E-state index in [4.69, 9.17) is 9.84 Å². The molecule has 0 bridgehead atoms. The molecule has 2 N–H and O–H groups in total. The van der Waals surface area contributed by atoms with Crippen LogP contribution in [0.5, 0.6) is 5.75 Å². The van der Waals surface area contributed by atoms with Crippen LogP contribution in [0.3, 0.4) is 0 Å². The molecule has 1 unspecified atom stereocenters. The number of likely N-dealkylation sites (tertiary alicyclic amines) is 1. The first-order chi connectivity index (χ1) is 10.1. The van der Waals surface area contributed by atoms with Crippen molar-refractivity contribution in [2.45, 2.75) is 19.3 Å². The van der Waals surface area contributed by atoms with Crippen LogP contribution in [-0.2, 0) is 4.79 Å². The third-order valence-corrected chi connectivity index (χ3v) is 3.61. The van der Waals surface area contributed by atoms with Gasteiger partial charge < -0.3 is 20.1 Å². The van der Waals surface area contributed by atoms with Gasteiger partial charge in [-0.1, -0.05) is 0 Å². The lowest BCUT2D eigenvalue weighted by Gasteiger charge is -2.32. The lowest BCUT2D eigenvalue weighted by molar-refractivity contribution is -0.138. The molecule has 0 saturated carbocycles. The molecule has 1 aromatic rings. The number of urea groups is 1. The summed E-state index contributed by atoms with van der Waals surface area (Å²) in [5.74, 6) is -0.0391. The predicted octanol–water partition coefficient (Wildman–Crippen LogP) is 2.41. The van der Waals surface area contributed by atoms with Crippen molar-refractivity contribution in [2.24, 2.45) is 5.92 Å². The van der Waals surface area contributed by atoms with Gasteiger partial charge in [-0.05, 0) is 43.0 Å². The fourth-order valence-corrected chi connectivity index (χ4v) is 2.54. The summed E-state index contributed by atoms with van der Waals surface area (Å²) in [5.41, 5.74) is 0.696. The van der Waals surface area contributed by atoms with Gasteiger partial charge in [-0.2, -0.15) is 0 Å². The van der Waals surface area contributed by atoms with E-state index in [9.17, 15) is 9.59 Å². The maximum absolute atomic E-state index is 12.2. The van der Waals surface area contributed by atoms with Crippen LogP contribution < -0.4 is 10.1 Å². The van der Waals surface area contributed by atoms with Crippen LogP contribution in [0.1, 0.15) is 19.3 Å². The zero-order chi connectivity index (χ0) is 15.2. The van der Waals surface area contributed by atoms with Crippen molar-refractivity contribution in [3.63, 3.8) is 0 Å². The van der Waals surface area contributed by atoms with Gasteiger partial charge in [0.25, 0.3) is 0 Å². The van der Waals surface area contributed by atoms with Crippen molar-refractivity contribution in [2.75, 3.05) is 25.5 Å². The van der Waals surface area contributed by atoms with Gasteiger partial charge in [0.2, 0.25) is 0 Å². The molecule has 2 rings (SSSR count). The highest BCUT2D eigenvalue weighted by Crippen LogP contribution is 2.21. The molecular formula is C15H20N2O4. The first-order valence-electron chi connectivity index (χ1n) is 7.00. The second kappa shape index (κ2) is 6.97. The highest BCUT2D eigenvalue weighted by atomic mass is 16.5. The molecular weight excluding hydrogens is 272 g/mol. The van der Waals surface area contributed by atoms with E-state index in [2.05, 4.69) is 5.32 Å². The Balaban J connectivity index is 1.91. The third-order valence-electron chi connectivity index (χ3n) is 3.61. The second-order valence-electron chi connectivity index (χ2n) is 5.21. The molecule has 0 aromatic heterocycles. The summed E-state index contributed by atoms with van der Waals surface area (Å²) >= 11 is 0. The molecule has 1 heterocycles. The summed E-state index contributed by atoms with van der Waals surface area (Å²) in [6.07, 6.45) is 1.82. The summed E-state index contributed by atoms with van der Waals surface area (Å²) < 4.78 is 5.06. The minimum atomic E-state index is -0.808. The number of nitrogens with zero attached hydrogens (tertiary/aromatic N) is 1. The smallest absolute Gasteiger partial charge is 0.321 e. The van der Waals surface area contributed by atoms with E-state index in [1.807, 2.05) is 0 Å². The number of amides is 2. The average Bonchev–Trinajstić information content (AvgIpc) is 2.47. The number of carbonyl (C=O) groups excluding carboxylic acids is 1. The van der Waals surface area contributed by atoms with E-state index in [1.165, 1.54) is 0 Å². The summed E-state index contributed by atoms with van der Waals surface area (Å²) in [6.45, 7) is 1.16. The Morgan fingerprint density at radius 1 is 1.38 bits per heavy atom. The van der Waals surface area contributed by atoms with Gasteiger partial charge in [-0.15, -0.1) is 0 Å². The van der Waals surface area contributed by atoms with Crippen molar-refractivity contribution >= 4 is 17.7 Å². The zero-order valence-electron chi connectivity index (χ0n) is 12.0. The second-order valence-corrected chi connectivity index (χ2v) is 5.21. The highest BCUT2D eigenvalue weighted by Gasteiger charge is 2.25. The number of hydrogen-bond acceptors (Lipinski definition) is 3. The number of carbonyl (C=O) groups is 2. The fraction of sp³-hybridized carbons (Fsp3) is 0.467. The van der Waals surface area contributed by atoms with Crippen LogP contribution in [0.25, 0.3) is 0 Å². The minimum Gasteiger partial charge on any atom is -0.497 e. The van der Waals surface area contributed by atoms with Gasteiger partial charge in [0, 0.05) is 25.2 Å². The molecule has 0 spiro atoms. The van der Waals surface area contributed by atoms with Gasteiger partial charge >= 0.3 is 12.0 Å². The Morgan fingerprint density at radius 3 is 2.71 bits per heavy atom. The molecule has 1 fully saturated rings. The first kappa shape index (κ1) is 15.2. The molecule has 1 aliphatic heterocycles. The van der Waals surface area contributed by atoms with Crippen molar-refractivity contribution in [3.8, 4) is 5.75 Å². The number of benzene rings is 1. The van der Waals surface area contributed by atoms with Gasteiger partial charge in [0.05, 0.1) is 7.11 Å². The van der Waals surface area contributed by atoms with E-state index < -0.39 is 5.97 Å². The zero-order valence-corrected chi connectivity index (χ0v) is 12.0. The van der Waals surface area contributed by atoms with E-state index >= 15 is 0 Å². The lowest BCUT2D eigenvalue weighted by atomic mass is 9.95. The molecule has 21 heavy (non-hydrogen) atoms. The van der Waals surface area contributed by atoms with Crippen LogP contribution in [0.2, 0.25) is 0 Å². The topological polar surface area (TPSA) is 78.9 Å². The summed E-state index contributed by atoms with van der Waals surface area (Å²) in [6, 6.07) is 6.92. The largest absolute Gasteiger partial charge is 0.497 e. The Labute approximate surface area is 123 Å². The summed E-state index contributed by atoms with van der Waals surface area (Å²) in [7, 11) is 1.59. The summed E-state index contributed by atoms with van der Waals surface area (Å²) in [4.78, 5) is 24.6. The van der Waals surface area contributed by atoms with E-state index in [0.29, 0.717) is 18.8 Å². The van der Waals surface area contributed by atoms with E-state index in [1.54, 1.807) is 36.3 Å². The molecule has 1 aromatic carbocycles. The molecule has 0 aliphatic carbocycles. The standard InChI is InChI=1S/C15H20N2O4/c1-21-13-6-4-12(5-7-13)16-15(20)17-8-2-3-11(10-17)9-14(18)19/h4-7,11H,2-3,8-10H2,1H3,(H,16,20)(H,18,19). The van der Waals surface area contributed by atoms with Crippen LogP contribution in [0.4, 0.5) is 10.5 Å². The maximum atomic E-state index is 12.2. The lowest BCUT2D eigenvalue weighted by Crippen LogP contribution is -2.42. The van der Waals surface area contributed by atoms with Crippen molar-refractivity contribution in [1.82, 2.24) is 4.90 Å². The number of carboxylic acid groups (broad SMARTS) is 1. The normalized spacial score (nSPS) is 18.1. The molecule has 0 radical (unpaired) electrons. The third kappa shape index (κ3) is 4.37. The first-order valence-corrected chi connectivity index (χ1v) is 7.00. The van der Waals surface area contributed by atoms with Crippen molar-refractivity contribution in [1.29, 1.82) is 0 Å². The van der Waals surface area contributed by atoms with Gasteiger partial charge in [0.1, 0.15) is 5.75 Å². The Morgan fingerprint density at radius 2 is 2.10 bits per heavy atom. The Bertz CT molecular complexity index is 501. The predicted molar refractivity (Wildman–Crippen MR) is 78.6 cm³/mol. The number of ether oxygens (including phenoxy) is 1. The van der Waals surface area contributed by atoms with Crippen molar-refractivity contribution < 1.29 is 19.4 Å². The molecule has 6 heteroatoms. The number of nitrogens with one attached hydrogen (secondary N) is 1. The molecule has 1 atom stereocenters. The van der Waals surface area contributed by atoms with Crippen LogP contribution in [-0.4, -0.2) is 42.2 Å². The fourth-order valence-electron chi connectivity index (χ4n) is 2.54. The van der Waals surface area contributed by atoms with Crippen LogP contribution >= 0.6 is 0 Å². The molecule has 1 saturated heterocycles. The number of anilines is 1. The van der Waals surface area contributed by atoms with Crippen LogP contribution in [0.15, 0.2) is 24.3 Å². The molecule has 114 valence electrons. The number of piperidine rings is 1. The SMILES string of the molecule is COc1ccc(NC(=O)N2CCCC(CC(=O)O)C2)cc1. The monoisotopic (exact) mass is 292 g/mol. The minimum absolute atomic E-state index is 0.0397. The Hall–Kier alpha value is -2.24. The van der Waals surface area contributed by atoms with Gasteiger partial charge in [-0.25, -0.2) is 4.79 Å². The van der Waals surface area contributed by atoms with Gasteiger partial charge in [0.15, 0.2) is 0 Å². The van der Waals surface area contributed by atoms with E-state index in [0.717, 1.165) is 18.6 Å². The summed E-state index contributed by atoms with van der Waals surface area (Å²) in [5, 5.41) is 11.7. The quantitative estimate of drug-likeness (QED) is 0.893. The van der Waals surface area contributed by atoms with Crippen molar-refractivity contribution in [3.05, 3.63) is 24.3 Å². The number of rotatable bonds is 4. The average molecular weight is 292 g/mol. The van der Waals surface area contributed by atoms with Crippen LogP contribution in [0, 0.1) is 5.92 Å². The Kier molecular flexibility index (Phi) is 5.03.